The van der Waals surface area contributed by atoms with Gasteiger partial charge in [0.1, 0.15) is 5.15 Å². The lowest BCUT2D eigenvalue weighted by Crippen LogP contribution is -1.98. The van der Waals surface area contributed by atoms with E-state index in [1.807, 2.05) is 19.1 Å². The van der Waals surface area contributed by atoms with Crippen LogP contribution in [0.5, 0.6) is 0 Å². The maximum Gasteiger partial charge on any atom is 0.164 e. The van der Waals surface area contributed by atoms with Crippen LogP contribution in [-0.4, -0.2) is 26.0 Å². The summed E-state index contributed by atoms with van der Waals surface area (Å²) in [6, 6.07) is 5.36. The second-order valence-corrected chi connectivity index (χ2v) is 4.42. The zero-order valence-electron chi connectivity index (χ0n) is 10.0. The fourth-order valence-corrected chi connectivity index (χ4v) is 2.10. The molecule has 0 saturated heterocycles. The molecule has 3 heterocycles. The number of halogens is 1. The average molecular weight is 273 g/mol. The first-order valence-corrected chi connectivity index (χ1v) is 6.00. The lowest BCUT2D eigenvalue weighted by Gasteiger charge is -2.02. The molecule has 0 bridgehead atoms. The van der Waals surface area contributed by atoms with E-state index >= 15 is 0 Å². The second kappa shape index (κ2) is 4.44. The van der Waals surface area contributed by atoms with Crippen molar-refractivity contribution in [2.75, 3.05) is 0 Å². The number of carbonyl (C=O) groups excluding carboxylic acids is 1. The summed E-state index contributed by atoms with van der Waals surface area (Å²) in [6.45, 7) is 1.87. The van der Waals surface area contributed by atoms with Gasteiger partial charge in [-0.25, -0.2) is 9.67 Å². The summed E-state index contributed by atoms with van der Waals surface area (Å²) in [5, 5.41) is 5.42. The molecule has 0 spiro atoms. The van der Waals surface area contributed by atoms with Crippen LogP contribution in [0.15, 0.2) is 30.6 Å². The van der Waals surface area contributed by atoms with Crippen LogP contribution in [0.3, 0.4) is 0 Å². The Kier molecular flexibility index (Phi) is 2.76. The SMILES string of the molecule is Cc1nn(-c2ccncc2)c2nc(Cl)c(C=O)cc12. The third-order valence-corrected chi connectivity index (χ3v) is 3.16. The van der Waals surface area contributed by atoms with Crippen molar-refractivity contribution in [2.24, 2.45) is 0 Å². The molecule has 0 amide bonds. The lowest BCUT2D eigenvalue weighted by molar-refractivity contribution is 0.112. The second-order valence-electron chi connectivity index (χ2n) is 4.06. The van der Waals surface area contributed by atoms with Gasteiger partial charge in [0.05, 0.1) is 16.9 Å². The number of pyridine rings is 2. The number of hydrogen-bond donors (Lipinski definition) is 0. The van der Waals surface area contributed by atoms with E-state index in [-0.39, 0.29) is 5.15 Å². The molecule has 3 aromatic rings. The van der Waals surface area contributed by atoms with Gasteiger partial charge in [0, 0.05) is 17.8 Å². The molecular weight excluding hydrogens is 264 g/mol. The van der Waals surface area contributed by atoms with Crippen molar-refractivity contribution < 1.29 is 4.79 Å². The number of carbonyl (C=O) groups is 1. The molecule has 0 atom stereocenters. The molecular formula is C13H9ClN4O. The van der Waals surface area contributed by atoms with E-state index in [2.05, 4.69) is 15.1 Å². The molecule has 0 aromatic carbocycles. The van der Waals surface area contributed by atoms with Crippen LogP contribution < -0.4 is 0 Å². The van der Waals surface area contributed by atoms with Crippen molar-refractivity contribution >= 4 is 28.9 Å². The molecule has 0 fully saturated rings. The van der Waals surface area contributed by atoms with Crippen LogP contribution in [-0.2, 0) is 0 Å². The van der Waals surface area contributed by atoms with Crippen molar-refractivity contribution in [3.8, 4) is 5.69 Å². The Bertz CT molecular complexity index is 767. The number of nitrogens with zero attached hydrogens (tertiary/aromatic N) is 4. The highest BCUT2D eigenvalue weighted by atomic mass is 35.5. The minimum atomic E-state index is 0.178. The Hall–Kier alpha value is -2.27. The number of hydrogen-bond acceptors (Lipinski definition) is 4. The average Bonchev–Trinajstić information content (AvgIpc) is 2.75. The quantitative estimate of drug-likeness (QED) is 0.531. The van der Waals surface area contributed by atoms with Crippen molar-refractivity contribution in [3.63, 3.8) is 0 Å². The van der Waals surface area contributed by atoms with Crippen LogP contribution in [0.4, 0.5) is 0 Å². The lowest BCUT2D eigenvalue weighted by atomic mass is 10.2. The number of aryl methyl sites for hydroxylation is 1. The van der Waals surface area contributed by atoms with E-state index in [1.54, 1.807) is 23.1 Å². The maximum atomic E-state index is 10.9. The molecule has 3 aromatic heterocycles. The summed E-state index contributed by atoms with van der Waals surface area (Å²) in [6.07, 6.45) is 4.05. The van der Waals surface area contributed by atoms with Gasteiger partial charge in [-0.15, -0.1) is 0 Å². The summed E-state index contributed by atoms with van der Waals surface area (Å²) in [4.78, 5) is 19.1. The molecule has 19 heavy (non-hydrogen) atoms. The van der Waals surface area contributed by atoms with Gasteiger partial charge in [0.15, 0.2) is 11.9 Å². The first-order valence-electron chi connectivity index (χ1n) is 5.62. The predicted octanol–water partition coefficient (Wildman–Crippen LogP) is 2.59. The van der Waals surface area contributed by atoms with Crippen molar-refractivity contribution in [1.29, 1.82) is 0 Å². The van der Waals surface area contributed by atoms with Gasteiger partial charge in [0.2, 0.25) is 0 Å². The molecule has 5 nitrogen and oxygen atoms in total. The Morgan fingerprint density at radius 3 is 2.74 bits per heavy atom. The summed E-state index contributed by atoms with van der Waals surface area (Å²) < 4.78 is 1.69. The largest absolute Gasteiger partial charge is 0.298 e. The fraction of sp³-hybridized carbons (Fsp3) is 0.0769. The first-order chi connectivity index (χ1) is 9.20. The monoisotopic (exact) mass is 272 g/mol. The van der Waals surface area contributed by atoms with E-state index in [9.17, 15) is 4.79 Å². The third-order valence-electron chi connectivity index (χ3n) is 2.86. The molecule has 0 aliphatic heterocycles. The third kappa shape index (κ3) is 1.88. The van der Waals surface area contributed by atoms with Crippen LogP contribution in [0.2, 0.25) is 5.15 Å². The minimum Gasteiger partial charge on any atom is -0.298 e. The number of aldehydes is 1. The minimum absolute atomic E-state index is 0.178. The van der Waals surface area contributed by atoms with Crippen LogP contribution in [0, 0.1) is 6.92 Å². The van der Waals surface area contributed by atoms with Gasteiger partial charge in [-0.05, 0) is 25.1 Å². The first kappa shape index (κ1) is 11.8. The topological polar surface area (TPSA) is 60.7 Å². The van der Waals surface area contributed by atoms with E-state index in [1.165, 1.54) is 0 Å². The molecule has 0 aliphatic carbocycles. The summed E-state index contributed by atoms with van der Waals surface area (Å²) in [7, 11) is 0. The van der Waals surface area contributed by atoms with Gasteiger partial charge < -0.3 is 0 Å². The van der Waals surface area contributed by atoms with Gasteiger partial charge >= 0.3 is 0 Å². The number of fused-ring (bicyclic) bond motifs is 1. The molecule has 0 aliphatic rings. The molecule has 0 unspecified atom stereocenters. The smallest absolute Gasteiger partial charge is 0.164 e. The van der Waals surface area contributed by atoms with Gasteiger partial charge in [-0.2, -0.15) is 5.10 Å². The fourth-order valence-electron chi connectivity index (χ4n) is 1.92. The molecule has 0 N–H and O–H groups in total. The zero-order valence-corrected chi connectivity index (χ0v) is 10.8. The molecule has 3 rings (SSSR count). The van der Waals surface area contributed by atoms with Gasteiger partial charge in [-0.3, -0.25) is 9.78 Å². The molecule has 0 saturated carbocycles. The van der Waals surface area contributed by atoms with E-state index in [0.717, 1.165) is 16.8 Å². The number of aromatic nitrogens is 4. The van der Waals surface area contributed by atoms with Gasteiger partial charge in [0.25, 0.3) is 0 Å². The Labute approximate surface area is 113 Å². The van der Waals surface area contributed by atoms with Gasteiger partial charge in [-0.1, -0.05) is 11.6 Å². The Balaban J connectivity index is 2.34. The maximum absolute atomic E-state index is 10.9. The van der Waals surface area contributed by atoms with Crippen molar-refractivity contribution in [3.05, 3.63) is 47.0 Å². The summed E-state index contributed by atoms with van der Waals surface area (Å²) in [5.74, 6) is 0. The standard InChI is InChI=1S/C13H9ClN4O/c1-8-11-6-9(7-19)12(14)16-13(11)18(17-8)10-2-4-15-5-3-10/h2-7H,1H3. The zero-order chi connectivity index (χ0) is 13.4. The van der Waals surface area contributed by atoms with E-state index < -0.39 is 0 Å². The van der Waals surface area contributed by atoms with Crippen LogP contribution >= 0.6 is 11.6 Å². The Morgan fingerprint density at radius 1 is 1.32 bits per heavy atom. The normalized spacial score (nSPS) is 10.8. The highest BCUT2D eigenvalue weighted by molar-refractivity contribution is 6.32. The van der Waals surface area contributed by atoms with E-state index in [4.69, 9.17) is 11.6 Å². The van der Waals surface area contributed by atoms with Crippen LogP contribution in [0.25, 0.3) is 16.7 Å². The van der Waals surface area contributed by atoms with Crippen molar-refractivity contribution in [2.45, 2.75) is 6.92 Å². The molecule has 6 heteroatoms. The predicted molar refractivity (Wildman–Crippen MR) is 71.8 cm³/mol. The summed E-state index contributed by atoms with van der Waals surface area (Å²) in [5.41, 5.74) is 2.63. The van der Waals surface area contributed by atoms with Crippen molar-refractivity contribution in [1.82, 2.24) is 19.7 Å². The Morgan fingerprint density at radius 2 is 2.05 bits per heavy atom. The summed E-state index contributed by atoms with van der Waals surface area (Å²) >= 11 is 5.98. The van der Waals surface area contributed by atoms with Crippen LogP contribution in [0.1, 0.15) is 16.1 Å². The highest BCUT2D eigenvalue weighted by Crippen LogP contribution is 2.24. The number of rotatable bonds is 2. The highest BCUT2D eigenvalue weighted by Gasteiger charge is 2.13. The van der Waals surface area contributed by atoms with E-state index in [0.29, 0.717) is 17.5 Å². The molecule has 0 radical (unpaired) electrons. The molecule has 94 valence electrons.